The molecular formula is C14H21NO2S2. The molecule has 19 heavy (non-hydrogen) atoms. The van der Waals surface area contributed by atoms with Gasteiger partial charge >= 0.3 is 0 Å². The number of sulfone groups is 1. The SMILES string of the molecule is CCCCCCS(=O)(=O)Cc1cccc(C(N)=S)c1. The van der Waals surface area contributed by atoms with Crippen molar-refractivity contribution < 1.29 is 8.42 Å². The van der Waals surface area contributed by atoms with Crippen LogP contribution in [0.4, 0.5) is 0 Å². The summed E-state index contributed by atoms with van der Waals surface area (Å²) < 4.78 is 24.0. The van der Waals surface area contributed by atoms with Crippen LogP contribution >= 0.6 is 12.2 Å². The van der Waals surface area contributed by atoms with Gasteiger partial charge in [-0.15, -0.1) is 0 Å². The van der Waals surface area contributed by atoms with Crippen LogP contribution in [0.2, 0.25) is 0 Å². The van der Waals surface area contributed by atoms with Gasteiger partial charge < -0.3 is 5.73 Å². The molecule has 1 rings (SSSR count). The number of rotatable bonds is 8. The van der Waals surface area contributed by atoms with Crippen molar-refractivity contribution in [1.29, 1.82) is 0 Å². The van der Waals surface area contributed by atoms with Crippen LogP contribution in [0.1, 0.15) is 43.7 Å². The van der Waals surface area contributed by atoms with Crippen LogP contribution in [0.3, 0.4) is 0 Å². The molecule has 1 aromatic carbocycles. The normalized spacial score (nSPS) is 11.4. The van der Waals surface area contributed by atoms with E-state index in [2.05, 4.69) is 6.92 Å². The van der Waals surface area contributed by atoms with Crippen molar-refractivity contribution in [2.75, 3.05) is 5.75 Å². The zero-order valence-corrected chi connectivity index (χ0v) is 12.9. The Morgan fingerprint density at radius 3 is 2.63 bits per heavy atom. The van der Waals surface area contributed by atoms with E-state index in [4.69, 9.17) is 18.0 Å². The predicted octanol–water partition coefficient (Wildman–Crippen LogP) is 2.82. The van der Waals surface area contributed by atoms with Gasteiger partial charge in [0.1, 0.15) is 4.99 Å². The average Bonchev–Trinajstić information content (AvgIpc) is 2.34. The van der Waals surface area contributed by atoms with Crippen LogP contribution in [0.25, 0.3) is 0 Å². The summed E-state index contributed by atoms with van der Waals surface area (Å²) in [7, 11) is -3.04. The minimum absolute atomic E-state index is 0.0651. The topological polar surface area (TPSA) is 60.2 Å². The van der Waals surface area contributed by atoms with Gasteiger partial charge in [0.2, 0.25) is 0 Å². The third-order valence-corrected chi connectivity index (χ3v) is 4.83. The molecule has 0 saturated heterocycles. The first-order chi connectivity index (χ1) is 8.94. The molecule has 106 valence electrons. The largest absolute Gasteiger partial charge is 0.389 e. The van der Waals surface area contributed by atoms with Gasteiger partial charge in [0.25, 0.3) is 0 Å². The van der Waals surface area contributed by atoms with E-state index >= 15 is 0 Å². The van der Waals surface area contributed by atoms with Crippen molar-refractivity contribution in [3.05, 3.63) is 35.4 Å². The summed E-state index contributed by atoms with van der Waals surface area (Å²) in [6.07, 6.45) is 3.91. The van der Waals surface area contributed by atoms with Gasteiger partial charge in [-0.1, -0.05) is 56.6 Å². The standard InChI is InChI=1S/C14H21NO2S2/c1-2-3-4-5-9-19(16,17)11-12-7-6-8-13(10-12)14(15)18/h6-8,10H,2-5,9,11H2,1H3,(H2,15,18). The number of benzene rings is 1. The van der Waals surface area contributed by atoms with E-state index in [9.17, 15) is 8.42 Å². The van der Waals surface area contributed by atoms with Crippen molar-refractivity contribution in [2.45, 2.75) is 38.4 Å². The average molecular weight is 299 g/mol. The van der Waals surface area contributed by atoms with Crippen LogP contribution in [-0.4, -0.2) is 19.2 Å². The van der Waals surface area contributed by atoms with Gasteiger partial charge in [-0.3, -0.25) is 0 Å². The number of unbranched alkanes of at least 4 members (excludes halogenated alkanes) is 3. The van der Waals surface area contributed by atoms with Gasteiger partial charge in [0.05, 0.1) is 11.5 Å². The van der Waals surface area contributed by atoms with Crippen LogP contribution in [0.15, 0.2) is 24.3 Å². The van der Waals surface area contributed by atoms with Crippen molar-refractivity contribution in [3.63, 3.8) is 0 Å². The number of thiocarbonyl (C=S) groups is 1. The summed E-state index contributed by atoms with van der Waals surface area (Å²) in [5, 5.41) is 0. The van der Waals surface area contributed by atoms with Gasteiger partial charge in [-0.25, -0.2) is 8.42 Å². The lowest BCUT2D eigenvalue weighted by atomic mass is 10.1. The lowest BCUT2D eigenvalue weighted by Gasteiger charge is -2.06. The van der Waals surface area contributed by atoms with Crippen molar-refractivity contribution in [1.82, 2.24) is 0 Å². The molecule has 0 aliphatic carbocycles. The number of hydrogen-bond acceptors (Lipinski definition) is 3. The predicted molar refractivity (Wildman–Crippen MR) is 84.0 cm³/mol. The molecule has 0 unspecified atom stereocenters. The molecule has 0 radical (unpaired) electrons. The Morgan fingerprint density at radius 1 is 1.26 bits per heavy atom. The fraction of sp³-hybridized carbons (Fsp3) is 0.500. The molecule has 3 nitrogen and oxygen atoms in total. The second-order valence-corrected chi connectivity index (χ2v) is 7.34. The number of hydrogen-bond donors (Lipinski definition) is 1. The Labute approximate surface area is 121 Å². The van der Waals surface area contributed by atoms with Gasteiger partial charge in [0.15, 0.2) is 9.84 Å². The Kier molecular flexibility index (Phi) is 6.45. The maximum Gasteiger partial charge on any atom is 0.154 e. The monoisotopic (exact) mass is 299 g/mol. The Bertz CT molecular complexity index is 524. The quantitative estimate of drug-likeness (QED) is 0.592. The zero-order chi connectivity index (χ0) is 14.3. The molecule has 0 spiro atoms. The Morgan fingerprint density at radius 2 is 2.00 bits per heavy atom. The summed E-state index contributed by atoms with van der Waals surface area (Å²) in [4.78, 5) is 0.294. The zero-order valence-electron chi connectivity index (χ0n) is 11.3. The number of nitrogens with two attached hydrogens (primary N) is 1. The first-order valence-electron chi connectivity index (χ1n) is 6.54. The summed E-state index contributed by atoms with van der Waals surface area (Å²) >= 11 is 4.89. The lowest BCUT2D eigenvalue weighted by Crippen LogP contribution is -2.12. The molecule has 0 bridgehead atoms. The molecular weight excluding hydrogens is 278 g/mol. The highest BCUT2D eigenvalue weighted by molar-refractivity contribution is 7.90. The van der Waals surface area contributed by atoms with Crippen LogP contribution in [0.5, 0.6) is 0 Å². The summed E-state index contributed by atoms with van der Waals surface area (Å²) in [5.74, 6) is 0.319. The fourth-order valence-corrected chi connectivity index (χ4v) is 3.49. The van der Waals surface area contributed by atoms with Crippen molar-refractivity contribution in [3.8, 4) is 0 Å². The van der Waals surface area contributed by atoms with E-state index in [-0.39, 0.29) is 11.5 Å². The third kappa shape index (κ3) is 6.16. The van der Waals surface area contributed by atoms with E-state index in [0.29, 0.717) is 10.6 Å². The molecule has 0 saturated carbocycles. The van der Waals surface area contributed by atoms with E-state index in [0.717, 1.165) is 31.2 Å². The molecule has 0 amide bonds. The van der Waals surface area contributed by atoms with E-state index in [1.807, 2.05) is 0 Å². The summed E-state index contributed by atoms with van der Waals surface area (Å²) in [6, 6.07) is 7.13. The van der Waals surface area contributed by atoms with E-state index in [1.54, 1.807) is 24.3 Å². The second kappa shape index (κ2) is 7.60. The molecule has 0 aliphatic rings. The molecule has 0 heterocycles. The smallest absolute Gasteiger partial charge is 0.154 e. The molecule has 5 heteroatoms. The van der Waals surface area contributed by atoms with Crippen LogP contribution in [-0.2, 0) is 15.6 Å². The van der Waals surface area contributed by atoms with Gasteiger partial charge in [-0.05, 0) is 18.1 Å². The maximum atomic E-state index is 12.0. The Hall–Kier alpha value is -0.940. The minimum Gasteiger partial charge on any atom is -0.389 e. The highest BCUT2D eigenvalue weighted by Gasteiger charge is 2.12. The molecule has 0 atom stereocenters. The molecule has 2 N–H and O–H groups in total. The first kappa shape index (κ1) is 16.1. The molecule has 0 aliphatic heterocycles. The maximum absolute atomic E-state index is 12.0. The molecule has 0 fully saturated rings. The lowest BCUT2D eigenvalue weighted by molar-refractivity contribution is 0.588. The second-order valence-electron chi connectivity index (χ2n) is 4.72. The van der Waals surface area contributed by atoms with Gasteiger partial charge in [0, 0.05) is 5.56 Å². The van der Waals surface area contributed by atoms with Gasteiger partial charge in [-0.2, -0.15) is 0 Å². The van der Waals surface area contributed by atoms with E-state index < -0.39 is 9.84 Å². The minimum atomic E-state index is -3.04. The van der Waals surface area contributed by atoms with Crippen LogP contribution in [0, 0.1) is 0 Å². The molecule has 0 aromatic heterocycles. The molecule has 1 aromatic rings. The summed E-state index contributed by atoms with van der Waals surface area (Å²) in [5.41, 5.74) is 7.01. The van der Waals surface area contributed by atoms with Crippen molar-refractivity contribution in [2.24, 2.45) is 5.73 Å². The highest BCUT2D eigenvalue weighted by atomic mass is 32.2. The highest BCUT2D eigenvalue weighted by Crippen LogP contribution is 2.12. The Balaban J connectivity index is 2.62. The summed E-state index contributed by atoms with van der Waals surface area (Å²) in [6.45, 7) is 2.11. The van der Waals surface area contributed by atoms with Crippen LogP contribution < -0.4 is 5.73 Å². The third-order valence-electron chi connectivity index (χ3n) is 2.91. The first-order valence-corrected chi connectivity index (χ1v) is 8.77. The van der Waals surface area contributed by atoms with Crippen molar-refractivity contribution >= 4 is 27.0 Å². The fourth-order valence-electron chi connectivity index (χ4n) is 1.89. The van der Waals surface area contributed by atoms with E-state index in [1.165, 1.54) is 0 Å².